The van der Waals surface area contributed by atoms with Gasteiger partial charge in [-0.25, -0.2) is 9.78 Å². The number of hydrogen-bond donors (Lipinski definition) is 0. The van der Waals surface area contributed by atoms with E-state index in [1.807, 2.05) is 80.3 Å². The number of para-hydroxylation sites is 1. The van der Waals surface area contributed by atoms with Crippen molar-refractivity contribution in [3.63, 3.8) is 0 Å². The fourth-order valence-electron chi connectivity index (χ4n) is 5.16. The van der Waals surface area contributed by atoms with Crippen LogP contribution in [0.1, 0.15) is 51.4 Å². The molecule has 1 aliphatic rings. The highest BCUT2D eigenvalue weighted by molar-refractivity contribution is 6.30. The quantitative estimate of drug-likeness (QED) is 0.203. The van der Waals surface area contributed by atoms with E-state index in [0.29, 0.717) is 30.7 Å². The average Bonchev–Trinajstić information content (AvgIpc) is 3.32. The molecule has 1 aliphatic heterocycles. The summed E-state index contributed by atoms with van der Waals surface area (Å²) in [5.74, 6) is 2.67. The lowest BCUT2D eigenvalue weighted by molar-refractivity contribution is 0.0159. The normalized spacial score (nSPS) is 15.6. The Kier molecular flexibility index (Phi) is 9.03. The number of hydrogen-bond acceptors (Lipinski definition) is 5. The second-order valence-electron chi connectivity index (χ2n) is 11.5. The topological polar surface area (TPSA) is 65.8 Å². The Labute approximate surface area is 247 Å². The van der Waals surface area contributed by atoms with E-state index in [9.17, 15) is 4.79 Å². The maximum Gasteiger partial charge on any atom is 0.410 e. The highest BCUT2D eigenvalue weighted by atomic mass is 35.5. The molecule has 1 fully saturated rings. The van der Waals surface area contributed by atoms with Gasteiger partial charge in [0.15, 0.2) is 0 Å². The van der Waals surface area contributed by atoms with Gasteiger partial charge in [-0.15, -0.1) is 0 Å². The van der Waals surface area contributed by atoms with E-state index >= 15 is 0 Å². The van der Waals surface area contributed by atoms with Crippen LogP contribution in [0.25, 0.3) is 11.0 Å². The van der Waals surface area contributed by atoms with Crippen LogP contribution in [-0.4, -0.2) is 39.2 Å². The molecule has 1 amide bonds. The van der Waals surface area contributed by atoms with Crippen molar-refractivity contribution in [1.82, 2.24) is 14.5 Å². The van der Waals surface area contributed by atoms with E-state index in [0.717, 1.165) is 66.3 Å². The van der Waals surface area contributed by atoms with E-state index < -0.39 is 5.60 Å². The molecule has 4 aromatic rings. The number of likely N-dealkylation sites (tertiary alicyclic amines) is 1. The summed E-state index contributed by atoms with van der Waals surface area (Å²) in [7, 11) is 0. The summed E-state index contributed by atoms with van der Waals surface area (Å²) in [6.07, 6.45) is 2.73. The minimum absolute atomic E-state index is 0.229. The number of benzene rings is 3. The number of carbonyl (C=O) groups is 1. The third kappa shape index (κ3) is 7.73. The van der Waals surface area contributed by atoms with E-state index in [-0.39, 0.29) is 6.09 Å². The van der Waals surface area contributed by atoms with Crippen molar-refractivity contribution in [1.29, 1.82) is 0 Å². The summed E-state index contributed by atoms with van der Waals surface area (Å²) >= 11 is 6.06. The molecular weight excluding hydrogens is 538 g/mol. The maximum atomic E-state index is 12.7. The highest BCUT2D eigenvalue weighted by Crippen LogP contribution is 2.30. The molecule has 0 radical (unpaired) electrons. The van der Waals surface area contributed by atoms with Gasteiger partial charge in [0.1, 0.15) is 41.7 Å². The van der Waals surface area contributed by atoms with Crippen LogP contribution in [0.2, 0.25) is 5.02 Å². The monoisotopic (exact) mass is 575 g/mol. The number of aromatic nitrogens is 2. The standard InChI is InChI=1S/C33H38ClN3O4/c1-33(2,3)41-32(38)36-19-8-11-24(21-36)18-20-37-28-12-7-13-29(40-22-25-9-5-4-6-10-25)31(28)35-30(37)23-39-27-16-14-26(34)15-17-27/h4-7,9-10,12-17,24H,8,11,18-23H2,1-3H3. The number of nitrogens with zero attached hydrogens (tertiary/aromatic N) is 3. The zero-order valence-electron chi connectivity index (χ0n) is 24.0. The maximum absolute atomic E-state index is 12.7. The van der Waals surface area contributed by atoms with Gasteiger partial charge in [0.25, 0.3) is 0 Å². The van der Waals surface area contributed by atoms with Crippen LogP contribution in [0.5, 0.6) is 11.5 Å². The predicted molar refractivity (Wildman–Crippen MR) is 161 cm³/mol. The van der Waals surface area contributed by atoms with Crippen LogP contribution in [0.15, 0.2) is 72.8 Å². The van der Waals surface area contributed by atoms with Crippen molar-refractivity contribution in [2.75, 3.05) is 13.1 Å². The molecular formula is C33H38ClN3O4. The summed E-state index contributed by atoms with van der Waals surface area (Å²) in [6, 6.07) is 23.5. The predicted octanol–water partition coefficient (Wildman–Crippen LogP) is 7.88. The minimum Gasteiger partial charge on any atom is -0.487 e. The molecule has 1 aromatic heterocycles. The molecule has 1 saturated heterocycles. The van der Waals surface area contributed by atoms with Gasteiger partial charge in [0, 0.05) is 24.7 Å². The first-order chi connectivity index (χ1) is 19.7. The van der Waals surface area contributed by atoms with Crippen molar-refractivity contribution in [3.05, 3.63) is 89.2 Å². The molecule has 1 atom stereocenters. The summed E-state index contributed by atoms with van der Waals surface area (Å²) in [5.41, 5.74) is 2.42. The number of ether oxygens (including phenoxy) is 3. The number of fused-ring (bicyclic) bond motifs is 1. The molecule has 0 spiro atoms. The lowest BCUT2D eigenvalue weighted by Crippen LogP contribution is -2.43. The third-order valence-corrected chi connectivity index (χ3v) is 7.42. The SMILES string of the molecule is CC(C)(C)OC(=O)N1CCCC(CCn2c(COc3ccc(Cl)cc3)nc3c(OCc4ccccc4)cccc32)C1. The first-order valence-corrected chi connectivity index (χ1v) is 14.6. The molecule has 1 unspecified atom stereocenters. The Morgan fingerprint density at radius 1 is 0.976 bits per heavy atom. The Balaban J connectivity index is 1.35. The summed E-state index contributed by atoms with van der Waals surface area (Å²) in [5, 5.41) is 0.665. The molecule has 0 aliphatic carbocycles. The van der Waals surface area contributed by atoms with Crippen LogP contribution < -0.4 is 9.47 Å². The zero-order valence-corrected chi connectivity index (χ0v) is 24.8. The van der Waals surface area contributed by atoms with Crippen LogP contribution >= 0.6 is 11.6 Å². The van der Waals surface area contributed by atoms with E-state index in [2.05, 4.69) is 22.8 Å². The second kappa shape index (κ2) is 12.9. The number of piperidine rings is 1. The van der Waals surface area contributed by atoms with Crippen LogP contribution in [-0.2, 0) is 24.5 Å². The van der Waals surface area contributed by atoms with Gasteiger partial charge < -0.3 is 23.7 Å². The van der Waals surface area contributed by atoms with Crippen molar-refractivity contribution in [3.8, 4) is 11.5 Å². The first-order valence-electron chi connectivity index (χ1n) is 14.3. The number of imidazole rings is 1. The smallest absolute Gasteiger partial charge is 0.410 e. The average molecular weight is 576 g/mol. The van der Waals surface area contributed by atoms with Gasteiger partial charge in [-0.05, 0) is 87.9 Å². The molecule has 2 heterocycles. The van der Waals surface area contributed by atoms with E-state index in [1.165, 1.54) is 0 Å². The molecule has 0 bridgehead atoms. The van der Waals surface area contributed by atoms with Crippen molar-refractivity contribution in [2.45, 2.75) is 65.4 Å². The fraction of sp³-hybridized carbons (Fsp3) is 0.394. The molecule has 0 N–H and O–H groups in total. The Bertz CT molecular complexity index is 1450. The van der Waals surface area contributed by atoms with E-state index in [4.69, 9.17) is 30.8 Å². The lowest BCUT2D eigenvalue weighted by atomic mass is 9.95. The van der Waals surface area contributed by atoms with Crippen LogP contribution in [0.4, 0.5) is 4.79 Å². The fourth-order valence-corrected chi connectivity index (χ4v) is 5.29. The molecule has 216 valence electrons. The van der Waals surface area contributed by atoms with Gasteiger partial charge in [-0.3, -0.25) is 0 Å². The van der Waals surface area contributed by atoms with Crippen molar-refractivity contribution >= 4 is 28.7 Å². The molecule has 3 aromatic carbocycles. The van der Waals surface area contributed by atoms with Gasteiger partial charge in [-0.2, -0.15) is 0 Å². The summed E-state index contributed by atoms with van der Waals surface area (Å²) in [4.78, 5) is 19.6. The third-order valence-electron chi connectivity index (χ3n) is 7.17. The lowest BCUT2D eigenvalue weighted by Gasteiger charge is -2.34. The minimum atomic E-state index is -0.501. The zero-order chi connectivity index (χ0) is 28.8. The molecule has 0 saturated carbocycles. The van der Waals surface area contributed by atoms with Gasteiger partial charge in [-0.1, -0.05) is 48.0 Å². The largest absolute Gasteiger partial charge is 0.487 e. The second-order valence-corrected chi connectivity index (χ2v) is 12.0. The summed E-state index contributed by atoms with van der Waals surface area (Å²) < 4.78 is 20.2. The van der Waals surface area contributed by atoms with E-state index in [1.54, 1.807) is 0 Å². The van der Waals surface area contributed by atoms with Crippen LogP contribution in [0, 0.1) is 5.92 Å². The Morgan fingerprint density at radius 2 is 1.76 bits per heavy atom. The molecule has 5 rings (SSSR count). The van der Waals surface area contributed by atoms with Crippen LogP contribution in [0.3, 0.4) is 0 Å². The van der Waals surface area contributed by atoms with Crippen molar-refractivity contribution < 1.29 is 19.0 Å². The molecule has 8 heteroatoms. The number of carbonyl (C=O) groups excluding carboxylic acids is 1. The number of aryl methyl sites for hydroxylation is 1. The molecule has 41 heavy (non-hydrogen) atoms. The van der Waals surface area contributed by atoms with Crippen molar-refractivity contribution in [2.24, 2.45) is 5.92 Å². The first kappa shape index (κ1) is 28.8. The molecule has 7 nitrogen and oxygen atoms in total. The number of halogens is 1. The summed E-state index contributed by atoms with van der Waals surface area (Å²) in [6.45, 7) is 8.68. The van der Waals surface area contributed by atoms with Gasteiger partial charge >= 0.3 is 6.09 Å². The Morgan fingerprint density at radius 3 is 2.51 bits per heavy atom. The van der Waals surface area contributed by atoms with Gasteiger partial charge in [0.05, 0.1) is 5.52 Å². The highest BCUT2D eigenvalue weighted by Gasteiger charge is 2.28. The number of amides is 1. The van der Waals surface area contributed by atoms with Gasteiger partial charge in [0.2, 0.25) is 0 Å². The number of rotatable bonds is 9. The Hall–Kier alpha value is -3.71.